The molecule has 0 aromatic carbocycles. The third kappa shape index (κ3) is 8.21. The van der Waals surface area contributed by atoms with Crippen LogP contribution in [0.15, 0.2) is 0 Å². The van der Waals surface area contributed by atoms with E-state index in [-0.39, 0.29) is 17.9 Å². The monoisotopic (exact) mass is 625 g/mol. The van der Waals surface area contributed by atoms with Gasteiger partial charge in [0.05, 0.1) is 6.42 Å². The number of hydrogen-bond acceptors (Lipinski definition) is 2. The molecular formula is C39H67F3O2. The molecule has 0 bridgehead atoms. The molecule has 0 spiro atoms. The standard InChI is InChI=1S/C39H67F3O2/c1-7-8-9-10-11-15-34(40)37(42)35(41)25-36(43)44-29-20-22-38(5)28(24-29)16-17-30-32-19-18-31(27(4)14-12-13-26(2)3)39(32,6)23-21-33(30)38/h26-35,37H,7-25H2,1-6H3/t27-,28?,29+,30+,31-,32+,33+,34?,35?,37?,38+,39-/m1/s1. The van der Waals surface area contributed by atoms with Gasteiger partial charge in [-0.15, -0.1) is 0 Å². The Morgan fingerprint density at radius 1 is 0.773 bits per heavy atom. The minimum atomic E-state index is -2.26. The van der Waals surface area contributed by atoms with Gasteiger partial charge < -0.3 is 4.74 Å². The van der Waals surface area contributed by atoms with Gasteiger partial charge in [0.2, 0.25) is 0 Å². The van der Waals surface area contributed by atoms with Crippen LogP contribution in [0.25, 0.3) is 0 Å². The van der Waals surface area contributed by atoms with Gasteiger partial charge in [0, 0.05) is 0 Å². The molecule has 0 aromatic rings. The number of alkyl halides is 3. The van der Waals surface area contributed by atoms with Gasteiger partial charge in [0.15, 0.2) is 6.17 Å². The van der Waals surface area contributed by atoms with E-state index in [1.807, 2.05) is 0 Å². The second-order valence-electron chi connectivity index (χ2n) is 17.0. The van der Waals surface area contributed by atoms with E-state index in [1.165, 1.54) is 57.8 Å². The summed E-state index contributed by atoms with van der Waals surface area (Å²) in [6.07, 6.45) is 12.1. The Morgan fingerprint density at radius 3 is 2.20 bits per heavy atom. The van der Waals surface area contributed by atoms with Gasteiger partial charge in [-0.05, 0) is 116 Å². The molecular weight excluding hydrogens is 557 g/mol. The molecule has 2 nitrogen and oxygen atoms in total. The molecule has 5 heteroatoms. The molecule has 44 heavy (non-hydrogen) atoms. The predicted octanol–water partition coefficient (Wildman–Crippen LogP) is 11.8. The van der Waals surface area contributed by atoms with Crippen LogP contribution in [0.5, 0.6) is 0 Å². The largest absolute Gasteiger partial charge is 0.462 e. The van der Waals surface area contributed by atoms with Gasteiger partial charge in [-0.25, -0.2) is 13.2 Å². The van der Waals surface area contributed by atoms with Crippen LogP contribution in [-0.2, 0) is 9.53 Å². The summed E-state index contributed by atoms with van der Waals surface area (Å²) in [5.74, 6) is 4.70. The fourth-order valence-corrected chi connectivity index (χ4v) is 11.2. The van der Waals surface area contributed by atoms with Crippen molar-refractivity contribution < 1.29 is 22.7 Å². The minimum absolute atomic E-state index is 0.0172. The third-order valence-corrected chi connectivity index (χ3v) is 13.8. The smallest absolute Gasteiger partial charge is 0.309 e. The number of rotatable bonds is 16. The van der Waals surface area contributed by atoms with Crippen LogP contribution < -0.4 is 0 Å². The van der Waals surface area contributed by atoms with Crippen LogP contribution in [0.2, 0.25) is 0 Å². The first kappa shape index (κ1) is 36.1. The number of carbonyl (C=O) groups excluding carboxylic acids is 1. The van der Waals surface area contributed by atoms with Gasteiger partial charge in [-0.1, -0.05) is 92.9 Å². The lowest BCUT2D eigenvalue weighted by Gasteiger charge is -2.61. The Hall–Kier alpha value is -0.740. The molecule has 4 fully saturated rings. The van der Waals surface area contributed by atoms with E-state index < -0.39 is 30.9 Å². The molecule has 4 rings (SSSR count). The zero-order chi connectivity index (χ0) is 32.1. The van der Waals surface area contributed by atoms with E-state index in [2.05, 4.69) is 41.5 Å². The number of hydrogen-bond donors (Lipinski definition) is 0. The fraction of sp³-hybridized carbons (Fsp3) is 0.974. The van der Waals surface area contributed by atoms with E-state index >= 15 is 0 Å². The molecule has 0 amide bonds. The Morgan fingerprint density at radius 2 is 1.48 bits per heavy atom. The molecule has 256 valence electrons. The minimum Gasteiger partial charge on any atom is -0.462 e. The maximum atomic E-state index is 14.6. The van der Waals surface area contributed by atoms with E-state index in [0.29, 0.717) is 17.8 Å². The number of halogens is 3. The summed E-state index contributed by atoms with van der Waals surface area (Å²) in [6.45, 7) is 14.5. The molecule has 0 N–H and O–H groups in total. The van der Waals surface area contributed by atoms with Crippen LogP contribution in [0.3, 0.4) is 0 Å². The molecule has 0 radical (unpaired) electrons. The molecule has 4 aliphatic carbocycles. The van der Waals surface area contributed by atoms with Gasteiger partial charge in [-0.2, -0.15) is 0 Å². The lowest BCUT2D eigenvalue weighted by Crippen LogP contribution is -2.54. The summed E-state index contributed by atoms with van der Waals surface area (Å²) in [5.41, 5.74) is 0.762. The van der Waals surface area contributed by atoms with Gasteiger partial charge >= 0.3 is 5.97 Å². The topological polar surface area (TPSA) is 26.3 Å². The van der Waals surface area contributed by atoms with Crippen LogP contribution in [-0.4, -0.2) is 30.6 Å². The lowest BCUT2D eigenvalue weighted by molar-refractivity contribution is -0.164. The summed E-state index contributed by atoms with van der Waals surface area (Å²) in [5, 5.41) is 0. The molecule has 0 saturated heterocycles. The van der Waals surface area contributed by atoms with Crippen LogP contribution in [0.4, 0.5) is 13.2 Å². The molecule has 0 aliphatic heterocycles. The van der Waals surface area contributed by atoms with Gasteiger partial charge in [-0.3, -0.25) is 4.79 Å². The van der Waals surface area contributed by atoms with Gasteiger partial charge in [0.25, 0.3) is 0 Å². The van der Waals surface area contributed by atoms with E-state index in [0.717, 1.165) is 80.5 Å². The van der Waals surface area contributed by atoms with Crippen LogP contribution in [0.1, 0.15) is 164 Å². The molecule has 4 aliphatic rings. The van der Waals surface area contributed by atoms with Crippen molar-refractivity contribution in [3.63, 3.8) is 0 Å². The average molecular weight is 625 g/mol. The first-order valence-corrected chi connectivity index (χ1v) is 19.0. The number of unbranched alkanes of at least 4 members (excludes halogenated alkanes) is 4. The summed E-state index contributed by atoms with van der Waals surface area (Å²) in [6, 6.07) is 0. The number of fused-ring (bicyclic) bond motifs is 5. The highest BCUT2D eigenvalue weighted by atomic mass is 19.2. The zero-order valence-electron chi connectivity index (χ0n) is 29.2. The number of ether oxygens (including phenoxy) is 1. The Balaban J connectivity index is 1.25. The first-order chi connectivity index (χ1) is 20.9. The normalized spacial score (nSPS) is 37.9. The van der Waals surface area contributed by atoms with Crippen molar-refractivity contribution >= 4 is 5.97 Å². The maximum absolute atomic E-state index is 14.6. The quantitative estimate of drug-likeness (QED) is 0.126. The number of carbonyl (C=O) groups is 1. The molecule has 0 aromatic heterocycles. The highest BCUT2D eigenvalue weighted by molar-refractivity contribution is 5.70. The fourth-order valence-electron chi connectivity index (χ4n) is 11.2. The Bertz CT molecular complexity index is 895. The van der Waals surface area contributed by atoms with Crippen LogP contribution in [0, 0.1) is 52.3 Å². The van der Waals surface area contributed by atoms with Crippen molar-refractivity contribution in [3.05, 3.63) is 0 Å². The summed E-state index contributed by atoms with van der Waals surface area (Å²) >= 11 is 0. The van der Waals surface area contributed by atoms with Crippen molar-refractivity contribution in [2.24, 2.45) is 52.3 Å². The van der Waals surface area contributed by atoms with Crippen molar-refractivity contribution in [1.29, 1.82) is 0 Å². The second kappa shape index (κ2) is 15.9. The first-order valence-electron chi connectivity index (χ1n) is 19.0. The summed E-state index contributed by atoms with van der Waals surface area (Å²) in [7, 11) is 0. The molecule has 0 heterocycles. The zero-order valence-corrected chi connectivity index (χ0v) is 29.2. The third-order valence-electron chi connectivity index (χ3n) is 13.8. The highest BCUT2D eigenvalue weighted by Gasteiger charge is 2.60. The number of esters is 1. The predicted molar refractivity (Wildman–Crippen MR) is 176 cm³/mol. The maximum Gasteiger partial charge on any atom is 0.309 e. The van der Waals surface area contributed by atoms with E-state index in [4.69, 9.17) is 4.74 Å². The van der Waals surface area contributed by atoms with Crippen molar-refractivity contribution in [2.75, 3.05) is 0 Å². The van der Waals surface area contributed by atoms with E-state index in [9.17, 15) is 18.0 Å². The summed E-state index contributed by atoms with van der Waals surface area (Å²) < 4.78 is 49.1. The summed E-state index contributed by atoms with van der Waals surface area (Å²) in [4.78, 5) is 12.6. The SMILES string of the molecule is CCCCCCCC(F)C(F)C(F)CC(=O)O[C@H]1CC[C@@]2(C)C(CC[C@H]3[C@@H]4CC[C@H]([C@H](C)CCCC(C)C)[C@@]4(C)CC[C@@H]32)C1. The van der Waals surface area contributed by atoms with Crippen LogP contribution >= 0.6 is 0 Å². The van der Waals surface area contributed by atoms with E-state index in [1.54, 1.807) is 0 Å². The second-order valence-corrected chi connectivity index (χ2v) is 17.0. The van der Waals surface area contributed by atoms with Crippen molar-refractivity contribution in [1.82, 2.24) is 0 Å². The lowest BCUT2D eigenvalue weighted by atomic mass is 9.44. The average Bonchev–Trinajstić information content (AvgIpc) is 3.33. The van der Waals surface area contributed by atoms with Gasteiger partial charge in [0.1, 0.15) is 18.4 Å². The van der Waals surface area contributed by atoms with Crippen molar-refractivity contribution in [3.8, 4) is 0 Å². The molecule has 4 saturated carbocycles. The highest BCUT2D eigenvalue weighted by Crippen LogP contribution is 2.68. The Labute approximate surface area is 268 Å². The molecule has 12 atom stereocenters. The Kier molecular flexibility index (Phi) is 13.0. The van der Waals surface area contributed by atoms with Crippen molar-refractivity contribution in [2.45, 2.75) is 188 Å². The molecule has 4 unspecified atom stereocenters.